The molecule has 0 amide bonds. The van der Waals surface area contributed by atoms with Gasteiger partial charge in [-0.2, -0.15) is 0 Å². The number of esters is 1. The van der Waals surface area contributed by atoms with Crippen molar-refractivity contribution in [3.05, 3.63) is 29.6 Å². The summed E-state index contributed by atoms with van der Waals surface area (Å²) in [5.74, 6) is -2.53. The van der Waals surface area contributed by atoms with E-state index in [1.165, 1.54) is 6.07 Å². The van der Waals surface area contributed by atoms with Crippen molar-refractivity contribution in [2.45, 2.75) is 32.1 Å². The van der Waals surface area contributed by atoms with Crippen LogP contribution in [0.3, 0.4) is 0 Å². The second-order valence-electron chi connectivity index (χ2n) is 5.46. The van der Waals surface area contributed by atoms with Crippen LogP contribution in [0.15, 0.2) is 18.2 Å². The van der Waals surface area contributed by atoms with Gasteiger partial charge in [0.1, 0.15) is 17.2 Å². The summed E-state index contributed by atoms with van der Waals surface area (Å²) < 4.78 is 41.6. The Hall–Kier alpha value is -1.63. The summed E-state index contributed by atoms with van der Waals surface area (Å²) in [6, 6.07) is 3.45. The number of sulfone groups is 1. The molecule has 0 aliphatic heterocycles. The second kappa shape index (κ2) is 5.78. The molecular formula is C13H18FNO4S. The van der Waals surface area contributed by atoms with E-state index >= 15 is 0 Å². The minimum atomic E-state index is -3.72. The summed E-state index contributed by atoms with van der Waals surface area (Å²) in [5, 5.41) is 0. The van der Waals surface area contributed by atoms with E-state index in [1.807, 2.05) is 0 Å². The highest BCUT2D eigenvalue weighted by Gasteiger charge is 2.23. The summed E-state index contributed by atoms with van der Waals surface area (Å²) in [4.78, 5) is 11.5. The second-order valence-corrected chi connectivity index (χ2v) is 7.53. The maximum absolute atomic E-state index is 12.9. The van der Waals surface area contributed by atoms with Gasteiger partial charge in [0.25, 0.3) is 0 Å². The first-order valence-corrected chi connectivity index (χ1v) is 7.77. The van der Waals surface area contributed by atoms with Gasteiger partial charge in [-0.25, -0.2) is 12.8 Å². The van der Waals surface area contributed by atoms with Crippen LogP contribution in [-0.4, -0.2) is 25.7 Å². The Kier molecular flexibility index (Phi) is 4.75. The molecule has 0 spiro atoms. The van der Waals surface area contributed by atoms with Crippen molar-refractivity contribution in [3.63, 3.8) is 0 Å². The molecule has 0 fully saturated rings. The third kappa shape index (κ3) is 5.56. The summed E-state index contributed by atoms with van der Waals surface area (Å²) >= 11 is 0. The van der Waals surface area contributed by atoms with Crippen LogP contribution in [0, 0.1) is 5.82 Å². The summed E-state index contributed by atoms with van der Waals surface area (Å²) in [6.45, 7) is 4.94. The maximum Gasteiger partial charge on any atom is 0.321 e. The molecule has 1 aromatic carbocycles. The molecule has 1 aromatic rings. The van der Waals surface area contributed by atoms with Gasteiger partial charge in [-0.1, -0.05) is 6.07 Å². The van der Waals surface area contributed by atoms with Gasteiger partial charge in [-0.15, -0.1) is 0 Å². The van der Waals surface area contributed by atoms with Crippen molar-refractivity contribution < 1.29 is 22.3 Å². The monoisotopic (exact) mass is 303 g/mol. The zero-order chi connectivity index (χ0) is 15.6. The molecule has 0 atom stereocenters. The van der Waals surface area contributed by atoms with Crippen molar-refractivity contribution in [2.75, 3.05) is 11.5 Å². The number of nitrogen functional groups attached to an aromatic ring is 1. The molecule has 1 rings (SSSR count). The molecule has 5 nitrogen and oxygen atoms in total. The predicted octanol–water partition coefficient (Wildman–Crippen LogP) is 1.66. The van der Waals surface area contributed by atoms with E-state index in [4.69, 9.17) is 10.5 Å². The summed E-state index contributed by atoms with van der Waals surface area (Å²) in [7, 11) is -3.72. The number of hydrogen-bond acceptors (Lipinski definition) is 5. The lowest BCUT2D eigenvalue weighted by Crippen LogP contribution is -2.29. The van der Waals surface area contributed by atoms with Crippen LogP contribution in [0.2, 0.25) is 0 Å². The van der Waals surface area contributed by atoms with Crippen LogP contribution in [0.25, 0.3) is 0 Å². The Morgan fingerprint density at radius 2 is 1.95 bits per heavy atom. The van der Waals surface area contributed by atoms with Crippen molar-refractivity contribution in [1.82, 2.24) is 0 Å². The van der Waals surface area contributed by atoms with Crippen LogP contribution >= 0.6 is 0 Å². The van der Waals surface area contributed by atoms with Gasteiger partial charge in [-0.3, -0.25) is 4.79 Å². The third-order valence-electron chi connectivity index (χ3n) is 2.24. The molecule has 0 unspecified atom stereocenters. The van der Waals surface area contributed by atoms with Gasteiger partial charge in [0, 0.05) is 5.69 Å². The number of halogens is 1. The molecule has 0 bridgehead atoms. The van der Waals surface area contributed by atoms with Crippen molar-refractivity contribution >= 4 is 21.5 Å². The van der Waals surface area contributed by atoms with E-state index in [9.17, 15) is 17.6 Å². The average Bonchev–Trinajstić information content (AvgIpc) is 2.18. The minimum absolute atomic E-state index is 0.0396. The lowest BCUT2D eigenvalue weighted by Gasteiger charge is -2.19. The number of carbonyl (C=O) groups is 1. The highest BCUT2D eigenvalue weighted by Crippen LogP contribution is 2.17. The molecule has 2 N–H and O–H groups in total. The highest BCUT2D eigenvalue weighted by atomic mass is 32.2. The van der Waals surface area contributed by atoms with Crippen LogP contribution in [0.1, 0.15) is 26.3 Å². The Morgan fingerprint density at radius 1 is 1.35 bits per heavy atom. The number of anilines is 1. The fourth-order valence-corrected chi connectivity index (χ4v) is 2.79. The SMILES string of the molecule is CC(C)(C)OC(=O)CS(=O)(=O)Cc1ccc(F)cc1N. The molecule has 0 aromatic heterocycles. The molecule has 0 aliphatic carbocycles. The van der Waals surface area contributed by atoms with E-state index < -0.39 is 38.7 Å². The average molecular weight is 303 g/mol. The number of ether oxygens (including phenoxy) is 1. The van der Waals surface area contributed by atoms with Crippen LogP contribution in [0.5, 0.6) is 0 Å². The fourth-order valence-electron chi connectivity index (χ4n) is 1.54. The molecule has 0 saturated carbocycles. The first-order valence-electron chi connectivity index (χ1n) is 5.95. The molecule has 112 valence electrons. The number of hydrogen-bond donors (Lipinski definition) is 1. The standard InChI is InChI=1S/C13H18FNO4S/c1-13(2,3)19-12(16)8-20(17,18)7-9-4-5-10(14)6-11(9)15/h4-6H,7-8,15H2,1-3H3. The molecule has 0 saturated heterocycles. The van der Waals surface area contributed by atoms with Crippen LogP contribution < -0.4 is 5.73 Å². The molecule has 7 heteroatoms. The number of rotatable bonds is 4. The predicted molar refractivity (Wildman–Crippen MR) is 74.1 cm³/mol. The van der Waals surface area contributed by atoms with Crippen molar-refractivity contribution in [1.29, 1.82) is 0 Å². The van der Waals surface area contributed by atoms with Gasteiger partial charge in [-0.05, 0) is 38.5 Å². The minimum Gasteiger partial charge on any atom is -0.459 e. The fraction of sp³-hybridized carbons (Fsp3) is 0.462. The van der Waals surface area contributed by atoms with E-state index in [0.29, 0.717) is 0 Å². The quantitative estimate of drug-likeness (QED) is 0.675. The van der Waals surface area contributed by atoms with Gasteiger partial charge >= 0.3 is 5.97 Å². The lowest BCUT2D eigenvalue weighted by atomic mass is 10.2. The van der Waals surface area contributed by atoms with Gasteiger partial charge in [0.2, 0.25) is 0 Å². The van der Waals surface area contributed by atoms with Crippen LogP contribution in [0.4, 0.5) is 10.1 Å². The first kappa shape index (κ1) is 16.4. The first-order chi connectivity index (χ1) is 8.98. The molecule has 0 radical (unpaired) electrons. The normalized spacial score (nSPS) is 12.2. The molecule has 0 aliphatic rings. The summed E-state index contributed by atoms with van der Waals surface area (Å²) in [5.41, 5.74) is 5.09. The van der Waals surface area contributed by atoms with Crippen LogP contribution in [-0.2, 0) is 25.1 Å². The topological polar surface area (TPSA) is 86.5 Å². The van der Waals surface area contributed by atoms with E-state index in [0.717, 1.165) is 12.1 Å². The molecule has 20 heavy (non-hydrogen) atoms. The van der Waals surface area contributed by atoms with E-state index in [-0.39, 0.29) is 11.3 Å². The van der Waals surface area contributed by atoms with E-state index in [1.54, 1.807) is 20.8 Å². The van der Waals surface area contributed by atoms with Crippen molar-refractivity contribution in [3.8, 4) is 0 Å². The number of benzene rings is 1. The van der Waals surface area contributed by atoms with Crippen molar-refractivity contribution in [2.24, 2.45) is 0 Å². The smallest absolute Gasteiger partial charge is 0.321 e. The largest absolute Gasteiger partial charge is 0.459 e. The maximum atomic E-state index is 12.9. The Bertz CT molecular complexity index is 605. The Morgan fingerprint density at radius 3 is 2.45 bits per heavy atom. The Balaban J connectivity index is 2.78. The van der Waals surface area contributed by atoms with Gasteiger partial charge in [0.15, 0.2) is 9.84 Å². The Labute approximate surface area is 117 Å². The molecule has 0 heterocycles. The zero-order valence-electron chi connectivity index (χ0n) is 11.6. The number of carbonyl (C=O) groups excluding carboxylic acids is 1. The number of nitrogens with two attached hydrogens (primary N) is 1. The molecular weight excluding hydrogens is 285 g/mol. The summed E-state index contributed by atoms with van der Waals surface area (Å²) in [6.07, 6.45) is 0. The highest BCUT2D eigenvalue weighted by molar-refractivity contribution is 7.91. The van der Waals surface area contributed by atoms with E-state index in [2.05, 4.69) is 0 Å². The zero-order valence-corrected chi connectivity index (χ0v) is 12.5. The van der Waals surface area contributed by atoms with Gasteiger partial charge in [0.05, 0.1) is 5.75 Å². The lowest BCUT2D eigenvalue weighted by molar-refractivity contribution is -0.151. The third-order valence-corrected chi connectivity index (χ3v) is 3.67. The van der Waals surface area contributed by atoms with Gasteiger partial charge < -0.3 is 10.5 Å².